The van der Waals surface area contributed by atoms with Crippen molar-refractivity contribution in [3.05, 3.63) is 94.9 Å². The quantitative estimate of drug-likeness (QED) is 0.206. The highest BCUT2D eigenvalue weighted by Crippen LogP contribution is 2.34. The van der Waals surface area contributed by atoms with Crippen molar-refractivity contribution in [1.29, 1.82) is 10.5 Å². The molecule has 1 aromatic heterocycles. The van der Waals surface area contributed by atoms with Crippen LogP contribution in [0.25, 0.3) is 10.9 Å². The average molecular weight is 622 g/mol. The van der Waals surface area contributed by atoms with Gasteiger partial charge in [-0.1, -0.05) is 0 Å². The molecule has 0 saturated carbocycles. The number of nitrogens with one attached hydrogen (secondary N) is 2. The second-order valence-corrected chi connectivity index (χ2v) is 10.9. The Bertz CT molecular complexity index is 1870. The third kappa shape index (κ3) is 7.29. The van der Waals surface area contributed by atoms with Crippen LogP contribution in [0.2, 0.25) is 0 Å². The maximum atomic E-state index is 13.8. The Morgan fingerprint density at radius 2 is 1.53 bits per heavy atom. The summed E-state index contributed by atoms with van der Waals surface area (Å²) >= 11 is 0. The number of nitrogens with zero attached hydrogens (tertiary/aromatic N) is 3. The Hall–Kier alpha value is -5.24. The molecule has 3 N–H and O–H groups in total. The first kappa shape index (κ1) is 32.7. The number of aliphatic hydroxyl groups is 1. The van der Waals surface area contributed by atoms with Gasteiger partial charge >= 0.3 is 6.18 Å². The first-order valence-corrected chi connectivity index (χ1v) is 13.4. The second-order valence-electron chi connectivity index (χ2n) is 10.9. The monoisotopic (exact) mass is 621 g/mol. The van der Waals surface area contributed by atoms with Gasteiger partial charge in [0.2, 0.25) is 0 Å². The van der Waals surface area contributed by atoms with E-state index < -0.39 is 52.7 Å². The van der Waals surface area contributed by atoms with Crippen LogP contribution in [0.3, 0.4) is 0 Å². The normalized spacial score (nSPS) is 14.1. The molecule has 0 aliphatic rings. The molecule has 0 spiro atoms. The lowest BCUT2D eigenvalue weighted by atomic mass is 10.0. The standard InChI is InChI=1S/C32H27F4N5O4/c1-19-12-24(7-4-21(19)15-37)39-28(42)30(2,44)18-45-31(3,17-41-11-10-20-13-23(33)6-9-27(20)41)29(43)40-25-8-5-22(16-38)26(14-25)32(34,35)36/h4-14,44H,17-18H2,1-3H3,(H,39,42)(H,40,43). The predicted molar refractivity (Wildman–Crippen MR) is 156 cm³/mol. The lowest BCUT2D eigenvalue weighted by Gasteiger charge is -2.33. The molecule has 4 aromatic rings. The van der Waals surface area contributed by atoms with E-state index in [1.54, 1.807) is 23.8 Å². The van der Waals surface area contributed by atoms with E-state index in [4.69, 9.17) is 15.3 Å². The molecule has 0 aliphatic heterocycles. The number of ether oxygens (including phenoxy) is 1. The van der Waals surface area contributed by atoms with E-state index in [2.05, 4.69) is 10.6 Å². The van der Waals surface area contributed by atoms with Gasteiger partial charge in [-0.2, -0.15) is 23.7 Å². The number of hydrogen-bond acceptors (Lipinski definition) is 6. The van der Waals surface area contributed by atoms with E-state index in [1.165, 1.54) is 49.4 Å². The average Bonchev–Trinajstić information content (AvgIpc) is 3.36. The third-order valence-corrected chi connectivity index (χ3v) is 7.15. The van der Waals surface area contributed by atoms with Gasteiger partial charge in [0.25, 0.3) is 11.8 Å². The SMILES string of the molecule is Cc1cc(NC(=O)C(C)(O)COC(C)(Cn2ccc3cc(F)ccc32)C(=O)Nc2ccc(C#N)c(C(F)(F)F)c2)ccc1C#N. The fourth-order valence-corrected chi connectivity index (χ4v) is 4.53. The molecular formula is C32H27F4N5O4. The second kappa shape index (κ2) is 12.4. The molecule has 0 fully saturated rings. The summed E-state index contributed by atoms with van der Waals surface area (Å²) in [6, 6.07) is 16.2. The van der Waals surface area contributed by atoms with Crippen LogP contribution < -0.4 is 10.6 Å². The number of amides is 2. The van der Waals surface area contributed by atoms with Gasteiger partial charge in [0.1, 0.15) is 5.82 Å². The zero-order valence-corrected chi connectivity index (χ0v) is 24.3. The lowest BCUT2D eigenvalue weighted by Crippen LogP contribution is -2.52. The van der Waals surface area contributed by atoms with E-state index in [1.807, 2.05) is 6.07 Å². The van der Waals surface area contributed by atoms with Crippen molar-refractivity contribution >= 4 is 34.1 Å². The van der Waals surface area contributed by atoms with Gasteiger partial charge in [-0.05, 0) is 87.0 Å². The number of hydrogen-bond donors (Lipinski definition) is 3. The minimum Gasteiger partial charge on any atom is -0.378 e. The van der Waals surface area contributed by atoms with Crippen LogP contribution in [0.1, 0.15) is 36.1 Å². The first-order valence-electron chi connectivity index (χ1n) is 13.4. The summed E-state index contributed by atoms with van der Waals surface area (Å²) in [5, 5.41) is 34.7. The summed E-state index contributed by atoms with van der Waals surface area (Å²) in [7, 11) is 0. The number of anilines is 2. The Kier molecular flexibility index (Phi) is 9.00. The highest BCUT2D eigenvalue weighted by atomic mass is 19.4. The molecule has 2 atom stereocenters. The zero-order chi connectivity index (χ0) is 33.2. The lowest BCUT2D eigenvalue weighted by molar-refractivity contribution is -0.159. The molecule has 0 radical (unpaired) electrons. The van der Waals surface area contributed by atoms with Crippen molar-refractivity contribution in [2.24, 2.45) is 0 Å². The van der Waals surface area contributed by atoms with Crippen molar-refractivity contribution in [3.63, 3.8) is 0 Å². The summed E-state index contributed by atoms with van der Waals surface area (Å²) in [5.41, 5.74) is -4.49. The summed E-state index contributed by atoms with van der Waals surface area (Å²) in [6.07, 6.45) is -3.31. The fourth-order valence-electron chi connectivity index (χ4n) is 4.53. The molecule has 2 amide bonds. The molecule has 45 heavy (non-hydrogen) atoms. The third-order valence-electron chi connectivity index (χ3n) is 7.15. The number of benzene rings is 3. The van der Waals surface area contributed by atoms with Gasteiger partial charge in [0.05, 0.1) is 42.0 Å². The van der Waals surface area contributed by atoms with E-state index in [9.17, 15) is 32.3 Å². The molecule has 0 aliphatic carbocycles. The Balaban J connectivity index is 1.62. The molecule has 13 heteroatoms. The molecule has 1 heterocycles. The highest BCUT2D eigenvalue weighted by Gasteiger charge is 2.41. The van der Waals surface area contributed by atoms with Crippen molar-refractivity contribution < 1.29 is 37.0 Å². The van der Waals surface area contributed by atoms with Gasteiger partial charge in [0, 0.05) is 28.5 Å². The van der Waals surface area contributed by atoms with E-state index in [0.717, 1.165) is 19.1 Å². The largest absolute Gasteiger partial charge is 0.417 e. The van der Waals surface area contributed by atoms with Crippen LogP contribution >= 0.6 is 0 Å². The molecular weight excluding hydrogens is 594 g/mol. The van der Waals surface area contributed by atoms with Crippen molar-refractivity contribution in [3.8, 4) is 12.1 Å². The summed E-state index contributed by atoms with van der Waals surface area (Å²) in [4.78, 5) is 26.7. The van der Waals surface area contributed by atoms with E-state index in [-0.39, 0.29) is 12.2 Å². The van der Waals surface area contributed by atoms with Gasteiger partial charge < -0.3 is 25.0 Å². The van der Waals surface area contributed by atoms with Gasteiger partial charge in [0.15, 0.2) is 11.2 Å². The topological polar surface area (TPSA) is 140 Å². The minimum atomic E-state index is -4.87. The van der Waals surface area contributed by atoms with Crippen LogP contribution in [-0.4, -0.2) is 39.3 Å². The summed E-state index contributed by atoms with van der Waals surface area (Å²) in [6.45, 7) is 3.16. The van der Waals surface area contributed by atoms with E-state index in [0.29, 0.717) is 33.8 Å². The van der Waals surface area contributed by atoms with Crippen LogP contribution in [0.4, 0.5) is 28.9 Å². The van der Waals surface area contributed by atoms with Crippen molar-refractivity contribution in [2.75, 3.05) is 17.2 Å². The fraction of sp³-hybridized carbons (Fsp3) is 0.250. The van der Waals surface area contributed by atoms with Crippen LogP contribution in [0, 0.1) is 35.4 Å². The number of aromatic nitrogens is 1. The van der Waals surface area contributed by atoms with Crippen LogP contribution in [-0.2, 0) is 27.0 Å². The molecule has 3 aromatic carbocycles. The number of alkyl halides is 3. The predicted octanol–water partition coefficient (Wildman–Crippen LogP) is 5.65. The first-order chi connectivity index (χ1) is 21.1. The van der Waals surface area contributed by atoms with Crippen LogP contribution in [0.15, 0.2) is 66.9 Å². The highest BCUT2D eigenvalue weighted by molar-refractivity contribution is 5.98. The van der Waals surface area contributed by atoms with Gasteiger partial charge in [-0.15, -0.1) is 0 Å². The smallest absolute Gasteiger partial charge is 0.378 e. The maximum absolute atomic E-state index is 13.8. The van der Waals surface area contributed by atoms with Crippen molar-refractivity contribution in [1.82, 2.24) is 4.57 Å². The van der Waals surface area contributed by atoms with Crippen molar-refractivity contribution in [2.45, 2.75) is 44.7 Å². The molecule has 9 nitrogen and oxygen atoms in total. The summed E-state index contributed by atoms with van der Waals surface area (Å²) in [5.74, 6) is -2.31. The molecule has 2 unspecified atom stereocenters. The maximum Gasteiger partial charge on any atom is 0.417 e. The Morgan fingerprint density at radius 3 is 2.16 bits per heavy atom. The number of nitriles is 2. The molecule has 232 valence electrons. The summed E-state index contributed by atoms with van der Waals surface area (Å²) < 4.78 is 61.9. The molecule has 0 bridgehead atoms. The van der Waals surface area contributed by atoms with Crippen LogP contribution in [0.5, 0.6) is 0 Å². The number of carbonyl (C=O) groups excluding carboxylic acids is 2. The van der Waals surface area contributed by atoms with E-state index >= 15 is 0 Å². The molecule has 4 rings (SSSR count). The number of carbonyl (C=O) groups is 2. The van der Waals surface area contributed by atoms with Gasteiger partial charge in [-0.3, -0.25) is 9.59 Å². The van der Waals surface area contributed by atoms with Gasteiger partial charge in [-0.25, -0.2) is 4.39 Å². The zero-order valence-electron chi connectivity index (χ0n) is 24.3. The minimum absolute atomic E-state index is 0.261. The number of rotatable bonds is 9. The Labute approximate surface area is 255 Å². The number of fused-ring (bicyclic) bond motifs is 1. The number of aryl methyl sites for hydroxylation is 1. The Morgan fingerprint density at radius 1 is 0.911 bits per heavy atom. The molecule has 0 saturated heterocycles. The number of halogens is 4.